The molecule has 0 fully saturated rings. The normalized spacial score (nSPS) is 11.5. The van der Waals surface area contributed by atoms with Gasteiger partial charge in [-0.1, -0.05) is 66.7 Å². The second kappa shape index (κ2) is 10.3. The van der Waals surface area contributed by atoms with Crippen LogP contribution >= 0.6 is 0 Å². The Morgan fingerprint density at radius 3 is 2.30 bits per heavy atom. The first-order valence-corrected chi connectivity index (χ1v) is 11.9. The SMILES string of the molecule is COc1ccc(CNc2cccc(-c3c(Cc4ccccc4)cnc4c(C(F)(F)F)cccc34)c2)cc1. The smallest absolute Gasteiger partial charge is 0.418 e. The zero-order valence-electron chi connectivity index (χ0n) is 20.2. The number of halogens is 3. The minimum Gasteiger partial charge on any atom is -0.497 e. The summed E-state index contributed by atoms with van der Waals surface area (Å²) in [6.45, 7) is 0.597. The Balaban J connectivity index is 1.57. The maximum atomic E-state index is 13.8. The first-order valence-electron chi connectivity index (χ1n) is 11.9. The van der Waals surface area contributed by atoms with Crippen LogP contribution in [0.3, 0.4) is 0 Å². The molecule has 0 atom stereocenters. The lowest BCUT2D eigenvalue weighted by Crippen LogP contribution is -2.07. The van der Waals surface area contributed by atoms with Crippen molar-refractivity contribution in [3.63, 3.8) is 0 Å². The molecule has 0 spiro atoms. The molecule has 3 nitrogen and oxygen atoms in total. The summed E-state index contributed by atoms with van der Waals surface area (Å²) in [5.41, 5.74) is 4.70. The summed E-state index contributed by atoms with van der Waals surface area (Å²) >= 11 is 0. The molecule has 5 aromatic rings. The van der Waals surface area contributed by atoms with E-state index in [1.807, 2.05) is 78.9 Å². The number of rotatable bonds is 7. The Bertz CT molecular complexity index is 1510. The Hall–Kier alpha value is -4.32. The lowest BCUT2D eigenvalue weighted by Gasteiger charge is -2.17. The van der Waals surface area contributed by atoms with E-state index in [2.05, 4.69) is 10.3 Å². The Labute approximate surface area is 213 Å². The molecular formula is C31H25F3N2O. The van der Waals surface area contributed by atoms with E-state index in [1.165, 1.54) is 6.07 Å². The largest absolute Gasteiger partial charge is 0.497 e. The van der Waals surface area contributed by atoms with Crippen molar-refractivity contribution >= 4 is 16.6 Å². The fourth-order valence-electron chi connectivity index (χ4n) is 4.52. The van der Waals surface area contributed by atoms with E-state index in [0.717, 1.165) is 45.3 Å². The minimum absolute atomic E-state index is 0.0431. The summed E-state index contributed by atoms with van der Waals surface area (Å²) in [6.07, 6.45) is -2.36. The molecule has 0 saturated heterocycles. The van der Waals surface area contributed by atoms with Crippen LogP contribution in [0.1, 0.15) is 22.3 Å². The number of fused-ring (bicyclic) bond motifs is 1. The van der Waals surface area contributed by atoms with Gasteiger partial charge in [0, 0.05) is 23.8 Å². The number of nitrogens with one attached hydrogen (secondary N) is 1. The molecule has 0 unspecified atom stereocenters. The topological polar surface area (TPSA) is 34.1 Å². The van der Waals surface area contributed by atoms with Crippen molar-refractivity contribution in [3.05, 3.63) is 126 Å². The number of nitrogens with zero attached hydrogens (tertiary/aromatic N) is 1. The van der Waals surface area contributed by atoms with Gasteiger partial charge in [-0.15, -0.1) is 0 Å². The molecule has 186 valence electrons. The number of ether oxygens (including phenoxy) is 1. The molecule has 5 rings (SSSR count). The molecule has 0 aliphatic carbocycles. The fraction of sp³-hybridized carbons (Fsp3) is 0.129. The second-order valence-electron chi connectivity index (χ2n) is 8.80. The van der Waals surface area contributed by atoms with Gasteiger partial charge in [0.1, 0.15) is 5.75 Å². The lowest BCUT2D eigenvalue weighted by atomic mass is 9.91. The molecule has 0 aliphatic heterocycles. The Morgan fingerprint density at radius 1 is 0.811 bits per heavy atom. The van der Waals surface area contributed by atoms with E-state index in [-0.39, 0.29) is 5.52 Å². The van der Waals surface area contributed by atoms with Crippen molar-refractivity contribution < 1.29 is 17.9 Å². The number of alkyl halides is 3. The first-order chi connectivity index (χ1) is 17.9. The van der Waals surface area contributed by atoms with Gasteiger partial charge in [-0.3, -0.25) is 4.98 Å². The molecule has 1 aromatic heterocycles. The van der Waals surface area contributed by atoms with Crippen molar-refractivity contribution in [2.75, 3.05) is 12.4 Å². The number of para-hydroxylation sites is 1. The zero-order chi connectivity index (χ0) is 25.8. The maximum absolute atomic E-state index is 13.8. The molecule has 0 saturated carbocycles. The van der Waals surface area contributed by atoms with E-state index >= 15 is 0 Å². The Morgan fingerprint density at radius 2 is 1.57 bits per heavy atom. The number of hydrogen-bond acceptors (Lipinski definition) is 3. The molecule has 37 heavy (non-hydrogen) atoms. The molecule has 0 radical (unpaired) electrons. The third kappa shape index (κ3) is 5.43. The van der Waals surface area contributed by atoms with Crippen LogP contribution in [0.25, 0.3) is 22.0 Å². The van der Waals surface area contributed by atoms with Crippen LogP contribution in [-0.2, 0) is 19.1 Å². The minimum atomic E-state index is -4.49. The predicted octanol–water partition coefficient (Wildman–Crippen LogP) is 8.13. The Kier molecular flexibility index (Phi) is 6.82. The van der Waals surface area contributed by atoms with Gasteiger partial charge in [0.05, 0.1) is 18.2 Å². The molecule has 0 aliphatic rings. The first kappa shape index (κ1) is 24.4. The molecular weight excluding hydrogens is 473 g/mol. The third-order valence-electron chi connectivity index (χ3n) is 6.33. The van der Waals surface area contributed by atoms with Gasteiger partial charge in [-0.25, -0.2) is 0 Å². The van der Waals surface area contributed by atoms with Gasteiger partial charge >= 0.3 is 6.18 Å². The highest BCUT2D eigenvalue weighted by atomic mass is 19.4. The maximum Gasteiger partial charge on any atom is 0.418 e. The van der Waals surface area contributed by atoms with Crippen LogP contribution in [-0.4, -0.2) is 12.1 Å². The van der Waals surface area contributed by atoms with Crippen molar-refractivity contribution in [1.29, 1.82) is 0 Å². The predicted molar refractivity (Wildman–Crippen MR) is 142 cm³/mol. The van der Waals surface area contributed by atoms with E-state index < -0.39 is 11.7 Å². The molecule has 6 heteroatoms. The van der Waals surface area contributed by atoms with Crippen LogP contribution in [0.15, 0.2) is 103 Å². The molecule has 4 aromatic carbocycles. The van der Waals surface area contributed by atoms with Crippen molar-refractivity contribution in [2.45, 2.75) is 19.1 Å². The van der Waals surface area contributed by atoms with E-state index in [1.54, 1.807) is 19.4 Å². The van der Waals surface area contributed by atoms with Gasteiger partial charge in [-0.05, 0) is 64.6 Å². The molecule has 0 amide bonds. The van der Waals surface area contributed by atoms with Gasteiger partial charge in [-0.2, -0.15) is 13.2 Å². The van der Waals surface area contributed by atoms with E-state index in [9.17, 15) is 13.2 Å². The average molecular weight is 499 g/mol. The van der Waals surface area contributed by atoms with Gasteiger partial charge in [0.2, 0.25) is 0 Å². The number of anilines is 1. The zero-order valence-corrected chi connectivity index (χ0v) is 20.2. The summed E-state index contributed by atoms with van der Waals surface area (Å²) in [5, 5.41) is 3.91. The number of methoxy groups -OCH3 is 1. The van der Waals surface area contributed by atoms with Crippen LogP contribution in [0.4, 0.5) is 18.9 Å². The van der Waals surface area contributed by atoms with Crippen LogP contribution in [0.5, 0.6) is 5.75 Å². The summed E-state index contributed by atoms with van der Waals surface area (Å²) in [7, 11) is 1.63. The van der Waals surface area contributed by atoms with Crippen LogP contribution in [0, 0.1) is 0 Å². The summed E-state index contributed by atoms with van der Waals surface area (Å²) < 4.78 is 46.7. The highest BCUT2D eigenvalue weighted by Gasteiger charge is 2.33. The number of aromatic nitrogens is 1. The third-order valence-corrected chi connectivity index (χ3v) is 6.33. The van der Waals surface area contributed by atoms with Crippen LogP contribution < -0.4 is 10.1 Å². The molecule has 1 heterocycles. The molecule has 0 bridgehead atoms. The van der Waals surface area contributed by atoms with Crippen LogP contribution in [0.2, 0.25) is 0 Å². The van der Waals surface area contributed by atoms with Gasteiger partial charge in [0.25, 0.3) is 0 Å². The van der Waals surface area contributed by atoms with Crippen molar-refractivity contribution in [2.24, 2.45) is 0 Å². The summed E-state index contributed by atoms with van der Waals surface area (Å²) in [5.74, 6) is 0.791. The quantitative estimate of drug-likeness (QED) is 0.246. The second-order valence-corrected chi connectivity index (χ2v) is 8.80. The van der Waals surface area contributed by atoms with Crippen molar-refractivity contribution in [1.82, 2.24) is 4.98 Å². The monoisotopic (exact) mass is 498 g/mol. The highest BCUT2D eigenvalue weighted by Crippen LogP contribution is 2.39. The summed E-state index contributed by atoms with van der Waals surface area (Å²) in [4.78, 5) is 4.30. The standard InChI is InChI=1S/C31H25F3N2O/c1-37-26-15-13-22(14-16-26)19-35-25-10-5-9-23(18-25)29-24(17-21-7-3-2-4-8-21)20-36-30-27(29)11-6-12-28(30)31(32,33)34/h2-16,18,20,35H,17,19H2,1H3. The number of hydrogen-bond donors (Lipinski definition) is 1. The number of benzene rings is 4. The van der Waals surface area contributed by atoms with Crippen molar-refractivity contribution in [3.8, 4) is 16.9 Å². The van der Waals surface area contributed by atoms with Gasteiger partial charge < -0.3 is 10.1 Å². The molecule has 1 N–H and O–H groups in total. The summed E-state index contributed by atoms with van der Waals surface area (Å²) in [6, 6.07) is 29.7. The van der Waals surface area contributed by atoms with E-state index in [4.69, 9.17) is 4.74 Å². The lowest BCUT2D eigenvalue weighted by molar-refractivity contribution is -0.136. The number of pyridine rings is 1. The highest BCUT2D eigenvalue weighted by molar-refractivity contribution is 5.98. The van der Waals surface area contributed by atoms with Gasteiger partial charge in [0.15, 0.2) is 0 Å². The van der Waals surface area contributed by atoms with E-state index in [0.29, 0.717) is 18.4 Å². The average Bonchev–Trinajstić information content (AvgIpc) is 2.92. The fourth-order valence-corrected chi connectivity index (χ4v) is 4.52.